The van der Waals surface area contributed by atoms with Crippen LogP contribution in [0.4, 0.5) is 0 Å². The van der Waals surface area contributed by atoms with E-state index in [-0.39, 0.29) is 11.0 Å². The molecule has 1 aliphatic heterocycles. The molecule has 2 rings (SSSR count). The van der Waals surface area contributed by atoms with Crippen LogP contribution in [0.2, 0.25) is 0 Å². The molecular weight excluding hydrogens is 268 g/mol. The SMILES string of the molecule is Cc1ccccc1S(=O)(=O)N1CCCC1C(N)=S. The molecular formula is C12H16N2O2S2. The number of sulfonamides is 1. The number of nitrogens with two attached hydrogens (primary N) is 1. The van der Waals surface area contributed by atoms with Gasteiger partial charge in [0.25, 0.3) is 0 Å². The Balaban J connectivity index is 2.43. The van der Waals surface area contributed by atoms with Gasteiger partial charge in [0, 0.05) is 6.54 Å². The molecule has 0 radical (unpaired) electrons. The molecule has 0 aromatic heterocycles. The maximum absolute atomic E-state index is 12.6. The predicted molar refractivity (Wildman–Crippen MR) is 74.9 cm³/mol. The fourth-order valence-corrected chi connectivity index (χ4v) is 4.50. The van der Waals surface area contributed by atoms with E-state index in [0.717, 1.165) is 12.0 Å². The van der Waals surface area contributed by atoms with Crippen LogP contribution < -0.4 is 5.73 Å². The quantitative estimate of drug-likeness (QED) is 0.853. The van der Waals surface area contributed by atoms with Crippen LogP contribution in [0.3, 0.4) is 0 Å². The standard InChI is InChI=1S/C12H16N2O2S2/c1-9-5-2-3-7-11(9)18(15,16)14-8-4-6-10(14)12(13)17/h2-3,5,7,10H,4,6,8H2,1H3,(H2,13,17). The minimum atomic E-state index is -3.50. The molecule has 1 unspecified atom stereocenters. The Morgan fingerprint density at radius 2 is 2.11 bits per heavy atom. The van der Waals surface area contributed by atoms with Crippen molar-refractivity contribution in [2.45, 2.75) is 30.7 Å². The Morgan fingerprint density at radius 3 is 2.72 bits per heavy atom. The highest BCUT2D eigenvalue weighted by Crippen LogP contribution is 2.27. The van der Waals surface area contributed by atoms with E-state index in [0.29, 0.717) is 17.9 Å². The molecule has 0 amide bonds. The first kappa shape index (κ1) is 13.5. The summed E-state index contributed by atoms with van der Waals surface area (Å²) in [5, 5.41) is 0. The maximum atomic E-state index is 12.6. The highest BCUT2D eigenvalue weighted by molar-refractivity contribution is 7.89. The van der Waals surface area contributed by atoms with E-state index in [1.807, 2.05) is 6.07 Å². The minimum absolute atomic E-state index is 0.254. The van der Waals surface area contributed by atoms with Gasteiger partial charge in [-0.2, -0.15) is 4.31 Å². The first-order chi connectivity index (χ1) is 8.44. The topological polar surface area (TPSA) is 63.4 Å². The molecule has 2 N–H and O–H groups in total. The Labute approximate surface area is 113 Å². The molecule has 4 nitrogen and oxygen atoms in total. The smallest absolute Gasteiger partial charge is 0.243 e. The van der Waals surface area contributed by atoms with Crippen LogP contribution in [-0.2, 0) is 10.0 Å². The molecule has 1 aromatic carbocycles. The second-order valence-corrected chi connectivity index (χ2v) is 6.77. The molecule has 18 heavy (non-hydrogen) atoms. The molecule has 0 bridgehead atoms. The first-order valence-electron chi connectivity index (χ1n) is 5.81. The van der Waals surface area contributed by atoms with Gasteiger partial charge in [0.2, 0.25) is 10.0 Å². The molecule has 1 saturated heterocycles. The third-order valence-electron chi connectivity index (χ3n) is 3.21. The highest BCUT2D eigenvalue weighted by Gasteiger charge is 2.37. The second kappa shape index (κ2) is 4.95. The zero-order valence-corrected chi connectivity index (χ0v) is 11.8. The fourth-order valence-electron chi connectivity index (χ4n) is 2.28. The van der Waals surface area contributed by atoms with Crippen LogP contribution in [0.1, 0.15) is 18.4 Å². The van der Waals surface area contributed by atoms with Crippen molar-refractivity contribution < 1.29 is 8.42 Å². The van der Waals surface area contributed by atoms with E-state index in [1.54, 1.807) is 25.1 Å². The van der Waals surface area contributed by atoms with Crippen molar-refractivity contribution in [1.29, 1.82) is 0 Å². The molecule has 0 aliphatic carbocycles. The molecule has 1 fully saturated rings. The lowest BCUT2D eigenvalue weighted by atomic mass is 10.2. The number of thiocarbonyl (C=S) groups is 1. The van der Waals surface area contributed by atoms with Gasteiger partial charge in [-0.1, -0.05) is 30.4 Å². The second-order valence-electron chi connectivity index (χ2n) is 4.44. The number of aryl methyl sites for hydroxylation is 1. The number of hydrogen-bond acceptors (Lipinski definition) is 3. The van der Waals surface area contributed by atoms with E-state index in [9.17, 15) is 8.42 Å². The summed E-state index contributed by atoms with van der Waals surface area (Å²) in [6, 6.07) is 6.62. The van der Waals surface area contributed by atoms with Crippen molar-refractivity contribution in [3.63, 3.8) is 0 Å². The lowest BCUT2D eigenvalue weighted by Crippen LogP contribution is -2.42. The number of nitrogens with zero attached hydrogens (tertiary/aromatic N) is 1. The molecule has 1 heterocycles. The van der Waals surface area contributed by atoms with Gasteiger partial charge >= 0.3 is 0 Å². The van der Waals surface area contributed by atoms with Gasteiger partial charge in [0.15, 0.2) is 0 Å². The molecule has 0 spiro atoms. The van der Waals surface area contributed by atoms with Crippen LogP contribution in [0, 0.1) is 6.92 Å². The van der Waals surface area contributed by atoms with E-state index in [4.69, 9.17) is 18.0 Å². The summed E-state index contributed by atoms with van der Waals surface area (Å²) in [7, 11) is -3.50. The lowest BCUT2D eigenvalue weighted by molar-refractivity contribution is 0.446. The average molecular weight is 284 g/mol. The maximum Gasteiger partial charge on any atom is 0.243 e. The predicted octanol–water partition coefficient (Wildman–Crippen LogP) is 1.43. The van der Waals surface area contributed by atoms with Crippen LogP contribution in [0.15, 0.2) is 29.2 Å². The summed E-state index contributed by atoms with van der Waals surface area (Å²) in [5.41, 5.74) is 6.37. The van der Waals surface area contributed by atoms with Crippen molar-refractivity contribution >= 4 is 27.2 Å². The lowest BCUT2D eigenvalue weighted by Gasteiger charge is -2.23. The molecule has 6 heteroatoms. The molecule has 1 aliphatic rings. The molecule has 1 atom stereocenters. The van der Waals surface area contributed by atoms with Crippen LogP contribution in [0.25, 0.3) is 0 Å². The summed E-state index contributed by atoms with van der Waals surface area (Å²) in [6.45, 7) is 2.28. The van der Waals surface area contributed by atoms with Gasteiger partial charge in [-0.25, -0.2) is 8.42 Å². The van der Waals surface area contributed by atoms with Crippen molar-refractivity contribution in [2.24, 2.45) is 5.73 Å². The summed E-state index contributed by atoms with van der Waals surface area (Å²) < 4.78 is 26.6. The monoisotopic (exact) mass is 284 g/mol. The third kappa shape index (κ3) is 2.28. The number of rotatable bonds is 3. The van der Waals surface area contributed by atoms with Gasteiger partial charge in [0.1, 0.15) is 0 Å². The van der Waals surface area contributed by atoms with Gasteiger partial charge in [0.05, 0.1) is 15.9 Å². The number of benzene rings is 1. The Morgan fingerprint density at radius 1 is 1.44 bits per heavy atom. The van der Waals surface area contributed by atoms with Crippen molar-refractivity contribution in [3.8, 4) is 0 Å². The Hall–Kier alpha value is -0.980. The number of hydrogen-bond donors (Lipinski definition) is 1. The fraction of sp³-hybridized carbons (Fsp3) is 0.417. The van der Waals surface area contributed by atoms with Crippen molar-refractivity contribution in [2.75, 3.05) is 6.54 Å². The molecule has 98 valence electrons. The van der Waals surface area contributed by atoms with E-state index >= 15 is 0 Å². The van der Waals surface area contributed by atoms with Crippen molar-refractivity contribution in [1.82, 2.24) is 4.31 Å². The average Bonchev–Trinajstić information content (AvgIpc) is 2.78. The minimum Gasteiger partial charge on any atom is -0.392 e. The summed E-state index contributed by atoms with van der Waals surface area (Å²) in [6.07, 6.45) is 1.51. The summed E-state index contributed by atoms with van der Waals surface area (Å²) in [5.74, 6) is 0. The van der Waals surface area contributed by atoms with Crippen LogP contribution in [-0.4, -0.2) is 30.3 Å². The van der Waals surface area contributed by atoms with Crippen molar-refractivity contribution in [3.05, 3.63) is 29.8 Å². The van der Waals surface area contributed by atoms with E-state index in [2.05, 4.69) is 0 Å². The zero-order chi connectivity index (χ0) is 13.3. The Bertz CT molecular complexity index is 569. The zero-order valence-electron chi connectivity index (χ0n) is 10.2. The summed E-state index contributed by atoms with van der Waals surface area (Å²) >= 11 is 4.96. The van der Waals surface area contributed by atoms with E-state index in [1.165, 1.54) is 4.31 Å². The molecule has 0 saturated carbocycles. The van der Waals surface area contributed by atoms with Gasteiger partial charge in [-0.15, -0.1) is 0 Å². The summed E-state index contributed by atoms with van der Waals surface area (Å²) in [4.78, 5) is 0.595. The molecule has 1 aromatic rings. The third-order valence-corrected chi connectivity index (χ3v) is 5.55. The first-order valence-corrected chi connectivity index (χ1v) is 7.66. The van der Waals surface area contributed by atoms with Crippen LogP contribution in [0.5, 0.6) is 0 Å². The highest BCUT2D eigenvalue weighted by atomic mass is 32.2. The van der Waals surface area contributed by atoms with E-state index < -0.39 is 10.0 Å². The van der Waals surface area contributed by atoms with Crippen LogP contribution >= 0.6 is 12.2 Å². The normalized spacial score (nSPS) is 21.1. The van der Waals surface area contributed by atoms with Gasteiger partial charge in [-0.05, 0) is 31.4 Å². The van der Waals surface area contributed by atoms with Gasteiger partial charge in [-0.3, -0.25) is 0 Å². The Kier molecular flexibility index (Phi) is 3.70. The largest absolute Gasteiger partial charge is 0.392 e. The van der Waals surface area contributed by atoms with Gasteiger partial charge < -0.3 is 5.73 Å².